The van der Waals surface area contributed by atoms with E-state index in [0.29, 0.717) is 17.8 Å². The van der Waals surface area contributed by atoms with Gasteiger partial charge in [0.05, 0.1) is 28.6 Å². The number of rotatable bonds is 2. The fourth-order valence-corrected chi connectivity index (χ4v) is 3.96. The van der Waals surface area contributed by atoms with Crippen LogP contribution in [0.3, 0.4) is 0 Å². The molecule has 0 unspecified atom stereocenters. The summed E-state index contributed by atoms with van der Waals surface area (Å²) in [4.78, 5) is 33.1. The van der Waals surface area contributed by atoms with Crippen molar-refractivity contribution in [3.63, 3.8) is 0 Å². The molecule has 156 valence electrons. The van der Waals surface area contributed by atoms with Crippen molar-refractivity contribution in [1.82, 2.24) is 9.55 Å². The van der Waals surface area contributed by atoms with E-state index in [1.807, 2.05) is 38.5 Å². The highest BCUT2D eigenvalue weighted by molar-refractivity contribution is 9.10. The van der Waals surface area contributed by atoms with Crippen molar-refractivity contribution in [1.29, 1.82) is 0 Å². The van der Waals surface area contributed by atoms with Gasteiger partial charge < -0.3 is 9.30 Å². The third-order valence-corrected chi connectivity index (χ3v) is 5.86. The first-order valence-corrected chi connectivity index (χ1v) is 10.4. The van der Waals surface area contributed by atoms with E-state index in [0.717, 1.165) is 26.9 Å². The van der Waals surface area contributed by atoms with E-state index in [2.05, 4.69) is 20.9 Å². The van der Waals surface area contributed by atoms with Gasteiger partial charge in [-0.1, -0.05) is 0 Å². The zero-order valence-corrected chi connectivity index (χ0v) is 19.1. The van der Waals surface area contributed by atoms with Crippen molar-refractivity contribution in [2.24, 2.45) is 7.05 Å². The highest BCUT2D eigenvalue weighted by atomic mass is 79.9. The maximum atomic E-state index is 13.0. The van der Waals surface area contributed by atoms with Crippen molar-refractivity contribution in [3.8, 4) is 0 Å². The van der Waals surface area contributed by atoms with Gasteiger partial charge in [0.15, 0.2) is 0 Å². The van der Waals surface area contributed by atoms with E-state index in [9.17, 15) is 9.59 Å². The first kappa shape index (κ1) is 20.4. The second-order valence-electron chi connectivity index (χ2n) is 8.36. The summed E-state index contributed by atoms with van der Waals surface area (Å²) in [6.45, 7) is 5.91. The number of halogens is 1. The molecule has 2 amide bonds. The number of esters is 1. The lowest BCUT2D eigenvalue weighted by Gasteiger charge is -2.35. The molecular formula is C22H23BrN4O3. The minimum Gasteiger partial charge on any atom is -0.456 e. The van der Waals surface area contributed by atoms with Gasteiger partial charge in [0, 0.05) is 30.7 Å². The van der Waals surface area contributed by atoms with Crippen LogP contribution in [0.2, 0.25) is 0 Å². The van der Waals surface area contributed by atoms with Crippen LogP contribution in [-0.4, -0.2) is 34.2 Å². The largest absolute Gasteiger partial charge is 0.456 e. The number of benzene rings is 1. The number of carbonyl (C=O) groups is 2. The molecule has 3 heterocycles. The summed E-state index contributed by atoms with van der Waals surface area (Å²) in [7, 11) is 3.69. The molecule has 1 aliphatic rings. The lowest BCUT2D eigenvalue weighted by Crippen LogP contribution is -2.45. The van der Waals surface area contributed by atoms with Gasteiger partial charge in [-0.15, -0.1) is 0 Å². The number of urea groups is 1. The van der Waals surface area contributed by atoms with Crippen LogP contribution in [0, 0.1) is 0 Å². The first-order valence-electron chi connectivity index (χ1n) is 9.58. The number of pyridine rings is 1. The third kappa shape index (κ3) is 3.45. The van der Waals surface area contributed by atoms with Crippen LogP contribution < -0.4 is 9.80 Å². The summed E-state index contributed by atoms with van der Waals surface area (Å²) in [5.41, 5.74) is 3.28. The number of anilines is 2. The van der Waals surface area contributed by atoms with Crippen LogP contribution in [0.5, 0.6) is 0 Å². The second-order valence-corrected chi connectivity index (χ2v) is 9.17. The molecule has 1 aromatic carbocycles. The number of fused-ring (bicyclic) bond motifs is 3. The van der Waals surface area contributed by atoms with E-state index >= 15 is 0 Å². The minimum absolute atomic E-state index is 0.149. The minimum atomic E-state index is -0.561. The number of hydrogen-bond acceptors (Lipinski definition) is 4. The van der Waals surface area contributed by atoms with Crippen LogP contribution in [-0.2, 0) is 18.3 Å². The Morgan fingerprint density at radius 2 is 1.83 bits per heavy atom. The zero-order chi connectivity index (χ0) is 21.8. The number of aromatic nitrogens is 2. The van der Waals surface area contributed by atoms with E-state index in [1.165, 1.54) is 0 Å². The average molecular weight is 471 g/mol. The number of amides is 2. The summed E-state index contributed by atoms with van der Waals surface area (Å²) < 4.78 is 8.30. The molecule has 0 saturated heterocycles. The molecule has 8 heteroatoms. The molecule has 0 spiro atoms. The second kappa shape index (κ2) is 7.12. The molecule has 0 N–H and O–H groups in total. The van der Waals surface area contributed by atoms with Gasteiger partial charge in [-0.05, 0) is 67.0 Å². The normalized spacial score (nSPS) is 14.3. The molecule has 4 rings (SSSR count). The Morgan fingerprint density at radius 1 is 1.17 bits per heavy atom. The number of nitrogens with zero attached hydrogens (tertiary/aromatic N) is 4. The topological polar surface area (TPSA) is 67.7 Å². The number of aryl methyl sites for hydroxylation is 1. The Balaban J connectivity index is 1.69. The van der Waals surface area contributed by atoms with E-state index in [1.54, 1.807) is 47.3 Å². The molecular weight excluding hydrogens is 448 g/mol. The highest BCUT2D eigenvalue weighted by Gasteiger charge is 2.31. The summed E-state index contributed by atoms with van der Waals surface area (Å²) in [5, 5.41) is 0.997. The summed E-state index contributed by atoms with van der Waals surface area (Å²) >= 11 is 3.55. The lowest BCUT2D eigenvalue weighted by atomic mass is 10.1. The van der Waals surface area contributed by atoms with Crippen molar-refractivity contribution in [2.45, 2.75) is 32.9 Å². The average Bonchev–Trinajstić information content (AvgIpc) is 2.98. The number of hydrogen-bond donors (Lipinski definition) is 0. The Kier molecular flexibility index (Phi) is 4.85. The quantitative estimate of drug-likeness (QED) is 0.501. The Hall–Kier alpha value is -2.87. The lowest BCUT2D eigenvalue weighted by molar-refractivity contribution is 0.00695. The predicted molar refractivity (Wildman–Crippen MR) is 120 cm³/mol. The molecule has 0 atom stereocenters. The molecule has 0 bridgehead atoms. The summed E-state index contributed by atoms with van der Waals surface area (Å²) in [5.74, 6) is -0.386. The van der Waals surface area contributed by atoms with Crippen molar-refractivity contribution in [3.05, 3.63) is 52.3 Å². The Labute approximate surface area is 183 Å². The third-order valence-electron chi connectivity index (χ3n) is 5.09. The molecule has 7 nitrogen and oxygen atoms in total. The van der Waals surface area contributed by atoms with E-state index in [-0.39, 0.29) is 12.0 Å². The van der Waals surface area contributed by atoms with Crippen molar-refractivity contribution < 1.29 is 14.3 Å². The van der Waals surface area contributed by atoms with Gasteiger partial charge in [0.25, 0.3) is 0 Å². The smallest absolute Gasteiger partial charge is 0.338 e. The first-order chi connectivity index (χ1) is 14.1. The van der Waals surface area contributed by atoms with Gasteiger partial charge in [-0.3, -0.25) is 9.80 Å². The highest BCUT2D eigenvalue weighted by Crippen LogP contribution is 2.36. The standard InChI is InChI=1S/C22H23BrN4O3/c1-22(2,3)30-20(28)13-6-8-14(9-7-13)27-12-16-15-10-18(23)26(5)19(15)24-11-17(16)25(4)21(27)29/h6-11H,12H2,1-5H3. The van der Waals surface area contributed by atoms with Gasteiger partial charge in [0.1, 0.15) is 11.2 Å². The monoisotopic (exact) mass is 470 g/mol. The van der Waals surface area contributed by atoms with Gasteiger partial charge in [-0.2, -0.15) is 0 Å². The fourth-order valence-electron chi connectivity index (χ4n) is 3.56. The predicted octanol–water partition coefficient (Wildman–Crippen LogP) is 4.87. The number of ether oxygens (including phenoxy) is 1. The van der Waals surface area contributed by atoms with Crippen LogP contribution in [0.4, 0.5) is 16.2 Å². The van der Waals surface area contributed by atoms with Gasteiger partial charge in [-0.25, -0.2) is 14.6 Å². The van der Waals surface area contributed by atoms with Gasteiger partial charge in [0.2, 0.25) is 0 Å². The Morgan fingerprint density at radius 3 is 2.47 bits per heavy atom. The van der Waals surface area contributed by atoms with Crippen LogP contribution >= 0.6 is 15.9 Å². The van der Waals surface area contributed by atoms with Crippen LogP contribution in [0.1, 0.15) is 36.7 Å². The molecule has 3 aromatic rings. The molecule has 0 radical (unpaired) electrons. The van der Waals surface area contributed by atoms with Gasteiger partial charge >= 0.3 is 12.0 Å². The molecule has 0 saturated carbocycles. The fraction of sp³-hybridized carbons (Fsp3) is 0.318. The molecule has 2 aromatic heterocycles. The summed E-state index contributed by atoms with van der Waals surface area (Å²) in [6.07, 6.45) is 1.74. The molecule has 0 fully saturated rings. The van der Waals surface area contributed by atoms with E-state index < -0.39 is 5.60 Å². The van der Waals surface area contributed by atoms with Crippen molar-refractivity contribution in [2.75, 3.05) is 16.8 Å². The zero-order valence-electron chi connectivity index (χ0n) is 17.6. The Bertz CT molecular complexity index is 1160. The summed E-state index contributed by atoms with van der Waals surface area (Å²) in [6, 6.07) is 8.80. The van der Waals surface area contributed by atoms with Crippen LogP contribution in [0.15, 0.2) is 41.1 Å². The van der Waals surface area contributed by atoms with E-state index in [4.69, 9.17) is 4.74 Å². The molecule has 1 aliphatic heterocycles. The SMILES string of the molecule is CN1C(=O)N(c2ccc(C(=O)OC(C)(C)C)cc2)Cc2c1cnc1c2cc(Br)n1C. The molecule has 0 aliphatic carbocycles. The molecule has 30 heavy (non-hydrogen) atoms. The van der Waals surface area contributed by atoms with Crippen LogP contribution in [0.25, 0.3) is 11.0 Å². The maximum Gasteiger partial charge on any atom is 0.338 e. The number of carbonyl (C=O) groups excluding carboxylic acids is 2. The van der Waals surface area contributed by atoms with Crippen molar-refractivity contribution >= 4 is 50.3 Å². The maximum absolute atomic E-state index is 13.0.